The van der Waals surface area contributed by atoms with Crippen molar-refractivity contribution in [3.8, 4) is 0 Å². The molecular weight excluding hydrogens is 132 g/mol. The zero-order valence-electron chi connectivity index (χ0n) is 7.81. The van der Waals surface area contributed by atoms with Gasteiger partial charge in [0.05, 0.1) is 0 Å². The van der Waals surface area contributed by atoms with E-state index in [0.717, 1.165) is 5.92 Å². The Bertz CT molecular complexity index is 78.0. The summed E-state index contributed by atoms with van der Waals surface area (Å²) in [4.78, 5) is 0. The maximum absolute atomic E-state index is 2.49. The quantitative estimate of drug-likeness (QED) is 0.563. The SMILES string of the molecule is CCCC1CC[CH]CCCC1. The average molecular weight is 153 g/mol. The molecule has 0 amide bonds. The van der Waals surface area contributed by atoms with Crippen LogP contribution >= 0.6 is 0 Å². The molecule has 1 aliphatic rings. The Hall–Kier alpha value is 0. The summed E-state index contributed by atoms with van der Waals surface area (Å²) in [5, 5.41) is 0. The van der Waals surface area contributed by atoms with E-state index in [2.05, 4.69) is 13.3 Å². The number of rotatable bonds is 2. The van der Waals surface area contributed by atoms with Crippen LogP contribution in [-0.4, -0.2) is 0 Å². The van der Waals surface area contributed by atoms with E-state index in [1.54, 1.807) is 0 Å². The van der Waals surface area contributed by atoms with Crippen molar-refractivity contribution in [2.45, 2.75) is 58.3 Å². The van der Waals surface area contributed by atoms with Crippen LogP contribution in [-0.2, 0) is 0 Å². The molecule has 0 aromatic carbocycles. The monoisotopic (exact) mass is 153 g/mol. The van der Waals surface area contributed by atoms with Gasteiger partial charge in [-0.05, 0) is 18.8 Å². The summed E-state index contributed by atoms with van der Waals surface area (Å²) in [6, 6.07) is 0. The molecule has 0 heterocycles. The number of hydrogen-bond acceptors (Lipinski definition) is 0. The third-order valence-electron chi connectivity index (χ3n) is 2.75. The fourth-order valence-electron chi connectivity index (χ4n) is 2.06. The molecule has 0 aromatic rings. The van der Waals surface area contributed by atoms with Crippen LogP contribution in [0.1, 0.15) is 58.3 Å². The molecule has 1 rings (SSSR count). The Labute approximate surface area is 71.4 Å². The molecule has 0 N–H and O–H groups in total. The maximum atomic E-state index is 2.49. The van der Waals surface area contributed by atoms with Crippen LogP contribution in [0.5, 0.6) is 0 Å². The molecule has 0 bridgehead atoms. The lowest BCUT2D eigenvalue weighted by molar-refractivity contribution is 0.380. The van der Waals surface area contributed by atoms with E-state index in [0.29, 0.717) is 0 Å². The van der Waals surface area contributed by atoms with Crippen molar-refractivity contribution < 1.29 is 0 Å². The Morgan fingerprint density at radius 3 is 2.91 bits per heavy atom. The summed E-state index contributed by atoms with van der Waals surface area (Å²) in [6.07, 6.45) is 14.0. The van der Waals surface area contributed by atoms with Crippen molar-refractivity contribution in [1.29, 1.82) is 0 Å². The predicted octanol–water partition coefficient (Wildman–Crippen LogP) is 3.96. The van der Waals surface area contributed by atoms with Gasteiger partial charge in [-0.1, -0.05) is 51.9 Å². The van der Waals surface area contributed by atoms with Crippen molar-refractivity contribution in [3.05, 3.63) is 6.42 Å². The normalized spacial score (nSPS) is 22.6. The molecule has 1 unspecified atom stereocenters. The third-order valence-corrected chi connectivity index (χ3v) is 2.75. The largest absolute Gasteiger partial charge is 0.0654 e. The van der Waals surface area contributed by atoms with Crippen LogP contribution in [0.4, 0.5) is 0 Å². The second-order valence-electron chi connectivity index (χ2n) is 3.81. The van der Waals surface area contributed by atoms with E-state index in [1.807, 2.05) is 0 Å². The highest BCUT2D eigenvalue weighted by atomic mass is 14.1. The molecule has 1 aliphatic carbocycles. The van der Waals surface area contributed by atoms with Crippen LogP contribution < -0.4 is 0 Å². The highest BCUT2D eigenvalue weighted by Crippen LogP contribution is 2.24. The first-order chi connectivity index (χ1) is 5.43. The topological polar surface area (TPSA) is 0 Å². The van der Waals surface area contributed by atoms with Gasteiger partial charge < -0.3 is 0 Å². The zero-order chi connectivity index (χ0) is 7.94. The van der Waals surface area contributed by atoms with Crippen molar-refractivity contribution in [1.82, 2.24) is 0 Å². The van der Waals surface area contributed by atoms with Gasteiger partial charge in [-0.15, -0.1) is 0 Å². The molecule has 1 atom stereocenters. The highest BCUT2D eigenvalue weighted by molar-refractivity contribution is 4.72. The lowest BCUT2D eigenvalue weighted by Crippen LogP contribution is -2.03. The standard InChI is InChI=1S/C11H21/c1-2-8-11-9-6-4-3-5-7-10-11/h4,11H,2-3,5-10H2,1H3. The van der Waals surface area contributed by atoms with Crippen LogP contribution in [0.25, 0.3) is 0 Å². The Morgan fingerprint density at radius 2 is 2.09 bits per heavy atom. The van der Waals surface area contributed by atoms with E-state index >= 15 is 0 Å². The first-order valence-electron chi connectivity index (χ1n) is 5.25. The van der Waals surface area contributed by atoms with Gasteiger partial charge in [0.15, 0.2) is 0 Å². The van der Waals surface area contributed by atoms with Gasteiger partial charge in [-0.25, -0.2) is 0 Å². The van der Waals surface area contributed by atoms with Crippen LogP contribution in [0.2, 0.25) is 0 Å². The van der Waals surface area contributed by atoms with Gasteiger partial charge in [0, 0.05) is 0 Å². The molecule has 0 spiro atoms. The van der Waals surface area contributed by atoms with Gasteiger partial charge in [-0.2, -0.15) is 0 Å². The second kappa shape index (κ2) is 5.62. The minimum Gasteiger partial charge on any atom is -0.0654 e. The van der Waals surface area contributed by atoms with Crippen molar-refractivity contribution in [3.63, 3.8) is 0 Å². The Morgan fingerprint density at radius 1 is 1.18 bits per heavy atom. The zero-order valence-corrected chi connectivity index (χ0v) is 7.81. The first-order valence-corrected chi connectivity index (χ1v) is 5.25. The summed E-state index contributed by atoms with van der Waals surface area (Å²) in [7, 11) is 0. The molecule has 1 radical (unpaired) electrons. The summed E-state index contributed by atoms with van der Waals surface area (Å²) >= 11 is 0. The second-order valence-corrected chi connectivity index (χ2v) is 3.81. The molecule has 1 saturated carbocycles. The van der Waals surface area contributed by atoms with Gasteiger partial charge in [0.2, 0.25) is 0 Å². The molecule has 65 valence electrons. The number of hydrogen-bond donors (Lipinski definition) is 0. The molecule has 1 fully saturated rings. The fraction of sp³-hybridized carbons (Fsp3) is 0.909. The lowest BCUT2D eigenvalue weighted by atomic mass is 9.88. The van der Waals surface area contributed by atoms with E-state index in [9.17, 15) is 0 Å². The fourth-order valence-corrected chi connectivity index (χ4v) is 2.06. The molecule has 0 nitrogen and oxygen atoms in total. The summed E-state index contributed by atoms with van der Waals surface area (Å²) in [5.74, 6) is 1.05. The van der Waals surface area contributed by atoms with Crippen molar-refractivity contribution in [2.24, 2.45) is 5.92 Å². The van der Waals surface area contributed by atoms with Gasteiger partial charge in [0.25, 0.3) is 0 Å². The van der Waals surface area contributed by atoms with Crippen LogP contribution in [0.15, 0.2) is 0 Å². The predicted molar refractivity (Wildman–Crippen MR) is 50.4 cm³/mol. The lowest BCUT2D eigenvalue weighted by Gasteiger charge is -2.18. The van der Waals surface area contributed by atoms with Crippen LogP contribution in [0.3, 0.4) is 0 Å². The third kappa shape index (κ3) is 3.79. The van der Waals surface area contributed by atoms with E-state index < -0.39 is 0 Å². The van der Waals surface area contributed by atoms with Crippen molar-refractivity contribution in [2.75, 3.05) is 0 Å². The van der Waals surface area contributed by atoms with Crippen LogP contribution in [0, 0.1) is 12.3 Å². The molecule has 0 saturated heterocycles. The summed E-state index contributed by atoms with van der Waals surface area (Å²) < 4.78 is 0. The average Bonchev–Trinajstić information content (AvgIpc) is 1.94. The summed E-state index contributed by atoms with van der Waals surface area (Å²) in [6.45, 7) is 2.31. The highest BCUT2D eigenvalue weighted by Gasteiger charge is 2.09. The minimum atomic E-state index is 1.05. The molecular formula is C11H21. The Balaban J connectivity index is 2.15. The molecule has 11 heavy (non-hydrogen) atoms. The van der Waals surface area contributed by atoms with Gasteiger partial charge >= 0.3 is 0 Å². The van der Waals surface area contributed by atoms with E-state index in [-0.39, 0.29) is 0 Å². The van der Waals surface area contributed by atoms with Gasteiger partial charge in [-0.3, -0.25) is 0 Å². The summed E-state index contributed by atoms with van der Waals surface area (Å²) in [5.41, 5.74) is 0. The maximum Gasteiger partial charge on any atom is -0.0386 e. The van der Waals surface area contributed by atoms with E-state index in [1.165, 1.54) is 51.4 Å². The minimum absolute atomic E-state index is 1.05. The molecule has 0 aromatic heterocycles. The smallest absolute Gasteiger partial charge is 0.0386 e. The first kappa shape index (κ1) is 9.09. The Kier molecular flexibility index (Phi) is 4.65. The van der Waals surface area contributed by atoms with Crippen molar-refractivity contribution >= 4 is 0 Å². The van der Waals surface area contributed by atoms with Gasteiger partial charge in [0.1, 0.15) is 0 Å². The molecule has 0 aliphatic heterocycles. The van der Waals surface area contributed by atoms with E-state index in [4.69, 9.17) is 0 Å². The molecule has 0 heteroatoms.